The number of phenols is 1. The number of carbonyl (C=O) groups excluding carboxylic acids is 1. The fourth-order valence-corrected chi connectivity index (χ4v) is 2.87. The van der Waals surface area contributed by atoms with Gasteiger partial charge in [0.15, 0.2) is 0 Å². The molecule has 0 radical (unpaired) electrons. The van der Waals surface area contributed by atoms with Gasteiger partial charge in [0.2, 0.25) is 5.91 Å². The lowest BCUT2D eigenvalue weighted by Crippen LogP contribution is -2.35. The molecule has 1 aliphatic rings. The second kappa shape index (κ2) is 5.57. The summed E-state index contributed by atoms with van der Waals surface area (Å²) < 4.78 is 30.9. The Labute approximate surface area is 120 Å². The molecule has 1 aromatic carbocycles. The van der Waals surface area contributed by atoms with Crippen molar-refractivity contribution in [1.29, 1.82) is 0 Å². The first-order valence-corrected chi connectivity index (χ1v) is 7.64. The zero-order valence-electron chi connectivity index (χ0n) is 10.2. The molecule has 0 aliphatic carbocycles. The molecule has 0 spiro atoms. The highest BCUT2D eigenvalue weighted by Gasteiger charge is 2.36. The molecule has 2 rings (SSSR count). The van der Waals surface area contributed by atoms with Gasteiger partial charge in [0.05, 0.1) is 11.7 Å². The van der Waals surface area contributed by atoms with E-state index >= 15 is 0 Å². The molecule has 1 aromatic rings. The second-order valence-corrected chi connectivity index (χ2v) is 6.62. The Morgan fingerprint density at radius 1 is 1.45 bits per heavy atom. The minimum atomic E-state index is -4.17. The summed E-state index contributed by atoms with van der Waals surface area (Å²) in [6.45, 7) is -0.00154. The maximum atomic E-state index is 11.9. The van der Waals surface area contributed by atoms with E-state index in [1.165, 1.54) is 18.2 Å². The van der Waals surface area contributed by atoms with Gasteiger partial charge in [-0.2, -0.15) is 8.42 Å². The summed E-state index contributed by atoms with van der Waals surface area (Å²) >= 11 is 5.75. The van der Waals surface area contributed by atoms with Crippen LogP contribution in [0.25, 0.3) is 0 Å². The summed E-state index contributed by atoms with van der Waals surface area (Å²) in [6.07, 6.45) is -0.0357. The minimum absolute atomic E-state index is 0.00154. The predicted octanol–water partition coefficient (Wildman–Crippen LogP) is 0.602. The van der Waals surface area contributed by atoms with Gasteiger partial charge in [-0.1, -0.05) is 11.6 Å². The van der Waals surface area contributed by atoms with Gasteiger partial charge < -0.3 is 15.7 Å². The second-order valence-electron chi connectivity index (χ2n) is 4.48. The van der Waals surface area contributed by atoms with Gasteiger partial charge in [0.1, 0.15) is 11.0 Å². The Bertz CT molecular complexity index is 634. The third-order valence-corrected chi connectivity index (χ3v) is 4.48. The van der Waals surface area contributed by atoms with Gasteiger partial charge in [-0.3, -0.25) is 9.35 Å². The third-order valence-electron chi connectivity index (χ3n) is 3.04. The molecule has 110 valence electrons. The lowest BCUT2D eigenvalue weighted by atomic mass is 10.2. The van der Waals surface area contributed by atoms with Crippen molar-refractivity contribution >= 4 is 33.3 Å². The Kier molecular flexibility index (Phi) is 4.19. The Morgan fingerprint density at radius 2 is 2.15 bits per heavy atom. The van der Waals surface area contributed by atoms with Crippen molar-refractivity contribution < 1.29 is 22.9 Å². The summed E-state index contributed by atoms with van der Waals surface area (Å²) in [7, 11) is -4.17. The highest BCUT2D eigenvalue weighted by molar-refractivity contribution is 7.86. The molecule has 0 bridgehead atoms. The number of rotatable bonds is 3. The number of amides is 1. The monoisotopic (exact) mass is 320 g/mol. The number of halogens is 1. The number of nitrogens with one attached hydrogen (secondary N) is 2. The van der Waals surface area contributed by atoms with Gasteiger partial charge in [0.25, 0.3) is 10.1 Å². The van der Waals surface area contributed by atoms with Crippen molar-refractivity contribution in [2.45, 2.75) is 17.7 Å². The van der Waals surface area contributed by atoms with E-state index in [0.717, 1.165) is 0 Å². The van der Waals surface area contributed by atoms with Gasteiger partial charge in [-0.05, 0) is 24.6 Å². The van der Waals surface area contributed by atoms with Crippen LogP contribution in [0, 0.1) is 0 Å². The smallest absolute Gasteiger partial charge is 0.269 e. The lowest BCUT2D eigenvalue weighted by molar-refractivity contribution is -0.117. The van der Waals surface area contributed by atoms with E-state index < -0.39 is 27.3 Å². The zero-order valence-corrected chi connectivity index (χ0v) is 11.8. The van der Waals surface area contributed by atoms with Crippen molar-refractivity contribution in [2.75, 3.05) is 11.9 Å². The van der Waals surface area contributed by atoms with E-state index in [1.807, 2.05) is 0 Å². The molecule has 1 amide bonds. The summed E-state index contributed by atoms with van der Waals surface area (Å²) in [5, 5.41) is 14.1. The van der Waals surface area contributed by atoms with Gasteiger partial charge in [-0.25, -0.2) is 0 Å². The molecule has 2 atom stereocenters. The molecule has 0 aromatic heterocycles. The number of phenolic OH excluding ortho intramolecular Hbond substituents is 1. The summed E-state index contributed by atoms with van der Waals surface area (Å²) in [6, 6.07) is 3.42. The zero-order chi connectivity index (χ0) is 14.9. The Balaban J connectivity index is 2.05. The summed E-state index contributed by atoms with van der Waals surface area (Å²) in [5.74, 6) is -0.652. The van der Waals surface area contributed by atoms with E-state index in [0.29, 0.717) is 5.02 Å². The van der Waals surface area contributed by atoms with Gasteiger partial charge >= 0.3 is 0 Å². The Morgan fingerprint density at radius 3 is 2.75 bits per heavy atom. The van der Waals surface area contributed by atoms with Crippen LogP contribution in [0.15, 0.2) is 18.2 Å². The lowest BCUT2D eigenvalue weighted by Gasteiger charge is -2.12. The maximum absolute atomic E-state index is 11.9. The molecule has 1 aliphatic heterocycles. The topological polar surface area (TPSA) is 116 Å². The quantitative estimate of drug-likeness (QED) is 0.479. The van der Waals surface area contributed by atoms with Crippen molar-refractivity contribution in [3.63, 3.8) is 0 Å². The van der Waals surface area contributed by atoms with Crippen LogP contribution < -0.4 is 10.6 Å². The first-order valence-electron chi connectivity index (χ1n) is 5.76. The minimum Gasteiger partial charge on any atom is -0.506 e. The van der Waals surface area contributed by atoms with Crippen molar-refractivity contribution in [3.05, 3.63) is 23.2 Å². The van der Waals surface area contributed by atoms with E-state index in [9.17, 15) is 18.3 Å². The number of anilines is 1. The Hall–Kier alpha value is -1.35. The number of hydrogen-bond donors (Lipinski definition) is 4. The molecule has 7 nitrogen and oxygen atoms in total. The fourth-order valence-electron chi connectivity index (χ4n) is 1.96. The van der Waals surface area contributed by atoms with E-state index in [-0.39, 0.29) is 24.4 Å². The van der Waals surface area contributed by atoms with Crippen LogP contribution in [0.3, 0.4) is 0 Å². The molecule has 1 saturated heterocycles. The number of carbonyl (C=O) groups is 1. The molecule has 1 heterocycles. The van der Waals surface area contributed by atoms with E-state index in [1.54, 1.807) is 0 Å². The van der Waals surface area contributed by atoms with Crippen LogP contribution in [0.1, 0.15) is 6.42 Å². The SMILES string of the molecule is O=C(Nc1cc(Cl)ccc1O)[C@@H]1CC(S(=O)(=O)O)CN1. The number of benzene rings is 1. The molecule has 1 unspecified atom stereocenters. The van der Waals surface area contributed by atoms with Gasteiger partial charge in [0, 0.05) is 11.6 Å². The van der Waals surface area contributed by atoms with E-state index in [2.05, 4.69) is 10.6 Å². The molecule has 0 saturated carbocycles. The molecular weight excluding hydrogens is 308 g/mol. The standard InChI is InChI=1S/C11H13ClN2O5S/c12-6-1-2-10(15)8(3-6)14-11(16)9-4-7(5-13-9)20(17,18)19/h1-3,7,9,13,15H,4-5H2,(H,14,16)(H,17,18,19)/t7?,9-/m0/s1. The average molecular weight is 321 g/mol. The molecule has 9 heteroatoms. The highest BCUT2D eigenvalue weighted by atomic mass is 35.5. The van der Waals surface area contributed by atoms with Crippen LogP contribution in [0.2, 0.25) is 5.02 Å². The third kappa shape index (κ3) is 3.40. The molecule has 1 fully saturated rings. The largest absolute Gasteiger partial charge is 0.506 e. The van der Waals surface area contributed by atoms with Crippen molar-refractivity contribution in [3.8, 4) is 5.75 Å². The van der Waals surface area contributed by atoms with Crippen LogP contribution in [-0.4, -0.2) is 41.8 Å². The fraction of sp³-hybridized carbons (Fsp3) is 0.364. The molecular formula is C11H13ClN2O5S. The van der Waals surface area contributed by atoms with Crippen LogP contribution >= 0.6 is 11.6 Å². The van der Waals surface area contributed by atoms with Gasteiger partial charge in [-0.15, -0.1) is 0 Å². The molecule has 20 heavy (non-hydrogen) atoms. The van der Waals surface area contributed by atoms with Crippen LogP contribution in [0.4, 0.5) is 5.69 Å². The van der Waals surface area contributed by atoms with Crippen molar-refractivity contribution in [2.24, 2.45) is 0 Å². The summed E-state index contributed by atoms with van der Waals surface area (Å²) in [5.41, 5.74) is 0.139. The first-order chi connectivity index (χ1) is 9.27. The van der Waals surface area contributed by atoms with E-state index in [4.69, 9.17) is 16.2 Å². The normalized spacial score (nSPS) is 22.7. The molecule has 4 N–H and O–H groups in total. The highest BCUT2D eigenvalue weighted by Crippen LogP contribution is 2.27. The maximum Gasteiger partial charge on any atom is 0.269 e. The number of hydrogen-bond acceptors (Lipinski definition) is 5. The first kappa shape index (κ1) is 15.0. The average Bonchev–Trinajstić information content (AvgIpc) is 2.83. The van der Waals surface area contributed by atoms with Crippen molar-refractivity contribution in [1.82, 2.24) is 5.32 Å². The van der Waals surface area contributed by atoms with Crippen LogP contribution in [0.5, 0.6) is 5.75 Å². The number of aromatic hydroxyl groups is 1. The van der Waals surface area contributed by atoms with Crippen LogP contribution in [-0.2, 0) is 14.9 Å². The predicted molar refractivity (Wildman–Crippen MR) is 73.5 cm³/mol. The summed E-state index contributed by atoms with van der Waals surface area (Å²) in [4.78, 5) is 11.9.